The molecule has 3 N–H and O–H groups in total. The van der Waals surface area contributed by atoms with Crippen molar-refractivity contribution in [3.63, 3.8) is 0 Å². The molecule has 2 aromatic carbocycles. The molecule has 0 aliphatic rings. The lowest BCUT2D eigenvalue weighted by Crippen LogP contribution is -2.22. The monoisotopic (exact) mass is 485 g/mol. The number of halogens is 1. The summed E-state index contributed by atoms with van der Waals surface area (Å²) < 4.78 is 19.8. The smallest absolute Gasteiger partial charge is 0.282 e. The van der Waals surface area contributed by atoms with Gasteiger partial charge in [0.25, 0.3) is 5.91 Å². The summed E-state index contributed by atoms with van der Waals surface area (Å²) in [6, 6.07) is 13.6. The summed E-state index contributed by atoms with van der Waals surface area (Å²) in [6.07, 6.45) is 0. The number of nitrogen functional groups attached to an aromatic ring is 1. The first-order valence-electron chi connectivity index (χ1n) is 9.84. The van der Waals surface area contributed by atoms with Crippen LogP contribution in [0.1, 0.15) is 31.8 Å². The minimum absolute atomic E-state index is 0.0831. The number of thioether (sulfide) groups is 1. The topological polar surface area (TPSA) is 121 Å². The van der Waals surface area contributed by atoms with E-state index in [2.05, 4.69) is 25.7 Å². The fraction of sp³-hybridized carbons (Fsp3) is 0.190. The lowest BCUT2D eigenvalue weighted by molar-refractivity contribution is 0.0950. The second-order valence-electron chi connectivity index (χ2n) is 6.97. The summed E-state index contributed by atoms with van der Waals surface area (Å²) in [6.45, 7) is 2.51. The van der Waals surface area contributed by atoms with Crippen LogP contribution < -0.4 is 15.9 Å². The van der Waals surface area contributed by atoms with E-state index in [9.17, 15) is 9.18 Å². The predicted molar refractivity (Wildman–Crippen MR) is 123 cm³/mol. The number of hydrogen-bond donors (Lipinski definition) is 2. The van der Waals surface area contributed by atoms with Crippen molar-refractivity contribution in [2.24, 2.45) is 0 Å². The molecule has 0 unspecified atom stereocenters. The van der Waals surface area contributed by atoms with Gasteiger partial charge in [-0.3, -0.25) is 4.79 Å². The van der Waals surface area contributed by atoms with Crippen LogP contribution in [0.25, 0.3) is 0 Å². The highest BCUT2D eigenvalue weighted by molar-refractivity contribution is 7.98. The zero-order chi connectivity index (χ0) is 23.2. The van der Waals surface area contributed by atoms with E-state index in [1.54, 1.807) is 0 Å². The molecular formula is C21H20FN7O2S2. The maximum Gasteiger partial charge on any atom is 0.282 e. The molecule has 1 amide bonds. The molecule has 0 aliphatic heterocycles. The van der Waals surface area contributed by atoms with E-state index in [1.165, 1.54) is 52.0 Å². The van der Waals surface area contributed by atoms with Gasteiger partial charge in [0.1, 0.15) is 23.2 Å². The fourth-order valence-electron chi connectivity index (χ4n) is 2.68. The van der Waals surface area contributed by atoms with Crippen molar-refractivity contribution in [2.75, 3.05) is 5.84 Å². The number of nitrogens with two attached hydrogens (primary N) is 1. The molecule has 0 atom stereocenters. The number of hydrogen-bond acceptors (Lipinski definition) is 9. The summed E-state index contributed by atoms with van der Waals surface area (Å²) >= 11 is 2.53. The molecule has 0 saturated carbocycles. The third-order valence-corrected chi connectivity index (χ3v) is 6.54. The zero-order valence-corrected chi connectivity index (χ0v) is 19.2. The number of benzene rings is 2. The average molecular weight is 486 g/mol. The Labute approximate surface area is 197 Å². The van der Waals surface area contributed by atoms with Gasteiger partial charge >= 0.3 is 0 Å². The highest BCUT2D eigenvalue weighted by atomic mass is 32.2. The van der Waals surface area contributed by atoms with Crippen LogP contribution in [0.4, 0.5) is 4.39 Å². The number of rotatable bonds is 9. The molecule has 9 nitrogen and oxygen atoms in total. The lowest BCUT2D eigenvalue weighted by atomic mass is 10.1. The Morgan fingerprint density at radius 2 is 1.88 bits per heavy atom. The summed E-state index contributed by atoms with van der Waals surface area (Å²) in [5.74, 6) is 6.77. The van der Waals surface area contributed by atoms with Gasteiger partial charge in [-0.2, -0.15) is 0 Å². The molecule has 0 bridgehead atoms. The first kappa shape index (κ1) is 22.7. The average Bonchev–Trinajstić information content (AvgIpc) is 3.43. The normalized spacial score (nSPS) is 10.8. The minimum atomic E-state index is -0.341. The van der Waals surface area contributed by atoms with Crippen molar-refractivity contribution in [1.82, 2.24) is 30.4 Å². The maximum atomic E-state index is 13.0. The Morgan fingerprint density at radius 1 is 1.12 bits per heavy atom. The van der Waals surface area contributed by atoms with Gasteiger partial charge in [0, 0.05) is 6.54 Å². The minimum Gasteiger partial charge on any atom is -0.486 e. The standard InChI is InChI=1S/C21H20FN7O2S2/c1-13-2-4-14(5-3-13)10-24-19(30)20-27-26-18(33-20)12-32-21-28-25-17(29(21)23)11-31-16-8-6-15(22)7-9-16/h2-9H,10-12,23H2,1H3,(H,24,30). The summed E-state index contributed by atoms with van der Waals surface area (Å²) in [5.41, 5.74) is 2.17. The quantitative estimate of drug-likeness (QED) is 0.274. The van der Waals surface area contributed by atoms with Crippen molar-refractivity contribution in [3.8, 4) is 5.75 Å². The van der Waals surface area contributed by atoms with E-state index in [-0.39, 0.29) is 18.3 Å². The number of nitrogens with one attached hydrogen (secondary N) is 1. The predicted octanol–water partition coefficient (Wildman–Crippen LogP) is 3.09. The number of aryl methyl sites for hydroxylation is 1. The summed E-state index contributed by atoms with van der Waals surface area (Å²) in [5, 5.41) is 20.4. The number of amides is 1. The molecular weight excluding hydrogens is 465 g/mol. The van der Waals surface area contributed by atoms with Crippen LogP contribution in [0.3, 0.4) is 0 Å². The van der Waals surface area contributed by atoms with Crippen molar-refractivity contribution in [3.05, 3.63) is 81.3 Å². The van der Waals surface area contributed by atoms with Gasteiger partial charge in [0.2, 0.25) is 10.2 Å². The van der Waals surface area contributed by atoms with Gasteiger partial charge in [-0.1, -0.05) is 52.9 Å². The van der Waals surface area contributed by atoms with Crippen LogP contribution in [0.2, 0.25) is 0 Å². The molecule has 0 radical (unpaired) electrons. The highest BCUT2D eigenvalue weighted by Crippen LogP contribution is 2.23. The maximum absolute atomic E-state index is 13.0. The Hall–Kier alpha value is -3.51. The molecule has 12 heteroatoms. The van der Waals surface area contributed by atoms with E-state index in [4.69, 9.17) is 10.6 Å². The third kappa shape index (κ3) is 6.05. The molecule has 33 heavy (non-hydrogen) atoms. The number of nitrogens with zero attached hydrogens (tertiary/aromatic N) is 5. The molecule has 170 valence electrons. The Balaban J connectivity index is 1.27. The van der Waals surface area contributed by atoms with Crippen molar-refractivity contribution in [1.29, 1.82) is 0 Å². The number of ether oxygens (including phenoxy) is 1. The van der Waals surface area contributed by atoms with E-state index in [0.29, 0.717) is 39.0 Å². The van der Waals surface area contributed by atoms with Crippen LogP contribution in [0.5, 0.6) is 5.75 Å². The summed E-state index contributed by atoms with van der Waals surface area (Å²) in [7, 11) is 0. The van der Waals surface area contributed by atoms with Crippen LogP contribution in [0.15, 0.2) is 53.7 Å². The van der Waals surface area contributed by atoms with Gasteiger partial charge in [-0.25, -0.2) is 9.07 Å². The molecule has 4 aromatic rings. The van der Waals surface area contributed by atoms with E-state index >= 15 is 0 Å². The first-order valence-corrected chi connectivity index (χ1v) is 11.6. The molecule has 0 fully saturated rings. The van der Waals surface area contributed by atoms with Gasteiger partial charge < -0.3 is 15.9 Å². The van der Waals surface area contributed by atoms with Crippen LogP contribution in [-0.4, -0.2) is 31.0 Å². The fourth-order valence-corrected chi connectivity index (χ4v) is 4.29. The van der Waals surface area contributed by atoms with Crippen molar-refractivity contribution >= 4 is 29.0 Å². The van der Waals surface area contributed by atoms with E-state index in [0.717, 1.165) is 11.1 Å². The zero-order valence-electron chi connectivity index (χ0n) is 17.6. The third-order valence-electron chi connectivity index (χ3n) is 4.48. The molecule has 2 aromatic heterocycles. The van der Waals surface area contributed by atoms with E-state index < -0.39 is 0 Å². The number of aromatic nitrogens is 5. The van der Waals surface area contributed by atoms with Gasteiger partial charge in [-0.15, -0.1) is 20.4 Å². The largest absolute Gasteiger partial charge is 0.486 e. The lowest BCUT2D eigenvalue weighted by Gasteiger charge is -2.06. The van der Waals surface area contributed by atoms with Gasteiger partial charge in [0.15, 0.2) is 5.82 Å². The van der Waals surface area contributed by atoms with E-state index in [1.807, 2.05) is 31.2 Å². The number of carbonyl (C=O) groups excluding carboxylic acids is 1. The molecule has 4 rings (SSSR count). The van der Waals surface area contributed by atoms with Gasteiger partial charge in [-0.05, 0) is 36.8 Å². The molecule has 0 spiro atoms. The number of carbonyl (C=O) groups is 1. The highest BCUT2D eigenvalue weighted by Gasteiger charge is 2.15. The second kappa shape index (κ2) is 10.4. The Morgan fingerprint density at radius 3 is 2.64 bits per heavy atom. The van der Waals surface area contributed by atoms with Crippen molar-refractivity contribution < 1.29 is 13.9 Å². The Kier molecular flexibility index (Phi) is 7.15. The van der Waals surface area contributed by atoms with Crippen LogP contribution in [-0.2, 0) is 18.9 Å². The first-order chi connectivity index (χ1) is 16.0. The molecule has 0 saturated heterocycles. The van der Waals surface area contributed by atoms with Gasteiger partial charge in [0.05, 0.1) is 5.75 Å². The second-order valence-corrected chi connectivity index (χ2v) is 8.97. The van der Waals surface area contributed by atoms with Crippen LogP contribution in [0, 0.1) is 12.7 Å². The Bertz CT molecular complexity index is 1230. The molecule has 2 heterocycles. The van der Waals surface area contributed by atoms with Crippen molar-refractivity contribution in [2.45, 2.75) is 31.0 Å². The van der Waals surface area contributed by atoms with Crippen LogP contribution >= 0.6 is 23.1 Å². The SMILES string of the molecule is Cc1ccc(CNC(=O)c2nnc(CSc3nnc(COc4ccc(F)cc4)n3N)s2)cc1. The molecule has 0 aliphatic carbocycles. The summed E-state index contributed by atoms with van der Waals surface area (Å²) in [4.78, 5) is 12.3.